The van der Waals surface area contributed by atoms with Crippen LogP contribution in [0.15, 0.2) is 18.3 Å². The number of hydrogen-bond donors (Lipinski definition) is 0. The number of nitrogens with zero attached hydrogens (tertiary/aromatic N) is 1. The second-order valence-electron chi connectivity index (χ2n) is 12.6. The van der Waals surface area contributed by atoms with Crippen molar-refractivity contribution in [3.8, 4) is 0 Å². The van der Waals surface area contributed by atoms with Crippen LogP contribution in [0.3, 0.4) is 0 Å². The van der Waals surface area contributed by atoms with Crippen LogP contribution < -0.4 is 0 Å². The summed E-state index contributed by atoms with van der Waals surface area (Å²) in [5, 5.41) is 0. The van der Waals surface area contributed by atoms with Gasteiger partial charge in [-0.2, -0.15) is 0 Å². The van der Waals surface area contributed by atoms with Gasteiger partial charge in [-0.15, -0.1) is 0 Å². The first-order valence-corrected chi connectivity index (χ1v) is 13.9. The molecule has 1 heteroatoms. The molecule has 1 nitrogen and oxygen atoms in total. The van der Waals surface area contributed by atoms with Gasteiger partial charge in [-0.3, -0.25) is 4.98 Å². The van der Waals surface area contributed by atoms with Gasteiger partial charge in [0.15, 0.2) is 0 Å². The fraction of sp³-hybridized carbons (Fsp3) is 0.833. The van der Waals surface area contributed by atoms with Gasteiger partial charge in [0, 0.05) is 11.9 Å². The van der Waals surface area contributed by atoms with E-state index in [1.54, 1.807) is 38.5 Å². The molecule has 0 spiro atoms. The topological polar surface area (TPSA) is 12.9 Å². The molecule has 1 aromatic rings. The third-order valence-corrected chi connectivity index (χ3v) is 11.1. The normalized spacial score (nSPS) is 43.0. The minimum Gasteiger partial charge on any atom is -0.261 e. The van der Waals surface area contributed by atoms with Gasteiger partial charge in [0.1, 0.15) is 0 Å². The van der Waals surface area contributed by atoms with Crippen molar-refractivity contribution < 1.29 is 0 Å². The second-order valence-corrected chi connectivity index (χ2v) is 12.6. The minimum absolute atomic E-state index is 0.602. The number of aromatic nitrogens is 1. The monoisotopic (exact) mass is 421 g/mol. The highest BCUT2D eigenvalue weighted by molar-refractivity contribution is 5.15. The summed E-state index contributed by atoms with van der Waals surface area (Å²) < 4.78 is 0. The Morgan fingerprint density at radius 1 is 1.00 bits per heavy atom. The summed E-state index contributed by atoms with van der Waals surface area (Å²) in [6.07, 6.45) is 20.1. The van der Waals surface area contributed by atoms with Crippen LogP contribution in [0.5, 0.6) is 0 Å². The van der Waals surface area contributed by atoms with Crippen LogP contribution in [0.2, 0.25) is 0 Å². The molecule has 31 heavy (non-hydrogen) atoms. The summed E-state index contributed by atoms with van der Waals surface area (Å²) in [6.45, 7) is 9.76. The van der Waals surface area contributed by atoms with E-state index in [9.17, 15) is 0 Å². The molecule has 0 aliphatic heterocycles. The zero-order valence-corrected chi connectivity index (χ0v) is 20.8. The molecular weight excluding hydrogens is 374 g/mol. The number of rotatable bonds is 5. The second kappa shape index (κ2) is 8.83. The van der Waals surface area contributed by atoms with Crippen LogP contribution in [0.1, 0.15) is 103 Å². The van der Waals surface area contributed by atoms with Crippen LogP contribution in [0.25, 0.3) is 0 Å². The van der Waals surface area contributed by atoms with E-state index in [0.717, 1.165) is 53.0 Å². The van der Waals surface area contributed by atoms with Gasteiger partial charge in [-0.1, -0.05) is 46.1 Å². The molecule has 9 atom stereocenters. The zero-order chi connectivity index (χ0) is 21.6. The molecule has 1 heterocycles. The van der Waals surface area contributed by atoms with E-state index in [0.29, 0.717) is 5.41 Å². The van der Waals surface area contributed by atoms with E-state index in [4.69, 9.17) is 0 Å². The summed E-state index contributed by atoms with van der Waals surface area (Å²) in [6, 6.07) is 4.51. The Morgan fingerprint density at radius 3 is 2.61 bits per heavy atom. The lowest BCUT2D eigenvalue weighted by Crippen LogP contribution is -2.49. The lowest BCUT2D eigenvalue weighted by Gasteiger charge is -2.57. The van der Waals surface area contributed by atoms with Crippen molar-refractivity contribution in [2.45, 2.75) is 105 Å². The molecule has 0 radical (unpaired) electrons. The summed E-state index contributed by atoms with van der Waals surface area (Å²) in [7, 11) is 0. The maximum atomic E-state index is 4.57. The Kier molecular flexibility index (Phi) is 6.26. The third kappa shape index (κ3) is 4.02. The van der Waals surface area contributed by atoms with Crippen molar-refractivity contribution in [3.05, 3.63) is 29.6 Å². The quantitative estimate of drug-likeness (QED) is 0.466. The maximum Gasteiger partial charge on any atom is 0.0372 e. The molecule has 0 N–H and O–H groups in total. The van der Waals surface area contributed by atoms with Gasteiger partial charge < -0.3 is 0 Å². The predicted molar refractivity (Wildman–Crippen MR) is 131 cm³/mol. The van der Waals surface area contributed by atoms with E-state index in [1.807, 2.05) is 0 Å². The van der Waals surface area contributed by atoms with Gasteiger partial charge in [0.05, 0.1) is 0 Å². The van der Waals surface area contributed by atoms with Crippen LogP contribution >= 0.6 is 0 Å². The van der Waals surface area contributed by atoms with E-state index >= 15 is 0 Å². The predicted octanol–water partition coefficient (Wildman–Crippen LogP) is 8.25. The van der Waals surface area contributed by atoms with E-state index in [-0.39, 0.29) is 0 Å². The number of pyridine rings is 1. The highest BCUT2D eigenvalue weighted by Crippen LogP contribution is 2.65. The van der Waals surface area contributed by atoms with Crippen molar-refractivity contribution in [3.63, 3.8) is 0 Å². The molecule has 1 aromatic heterocycles. The molecule has 5 rings (SSSR count). The van der Waals surface area contributed by atoms with Crippen LogP contribution in [-0.4, -0.2) is 4.98 Å². The lowest BCUT2D eigenvalue weighted by molar-refractivity contribution is -0.0740. The van der Waals surface area contributed by atoms with Gasteiger partial charge in [0.25, 0.3) is 0 Å². The molecular formula is C30H47N. The van der Waals surface area contributed by atoms with Crippen LogP contribution in [0, 0.1) is 59.7 Å². The first kappa shape index (κ1) is 22.0. The lowest BCUT2D eigenvalue weighted by atomic mass is 9.48. The first-order chi connectivity index (χ1) is 15.0. The number of hydrogen-bond acceptors (Lipinski definition) is 1. The van der Waals surface area contributed by atoms with E-state index < -0.39 is 0 Å². The van der Waals surface area contributed by atoms with Crippen LogP contribution in [-0.2, 0) is 6.42 Å². The summed E-state index contributed by atoms with van der Waals surface area (Å²) in [5.74, 6) is 8.09. The zero-order valence-electron chi connectivity index (χ0n) is 20.8. The van der Waals surface area contributed by atoms with Gasteiger partial charge in [-0.05, 0) is 129 Å². The number of aryl methyl sites for hydroxylation is 1. The standard InChI is InChI=1S/C30H47N/c1-5-6-22-9-11-25-24(18-22)10-12-27-26(25)15-16-30(4)28(13-14-29(27)30)20(2)17-23-8-7-21(3)31-19-23/h7-8,19-20,22,24-29H,5-6,9-18H2,1-4H3/t20-,22-,24+,25-,26?,27+,28?,29?,30+/m0/s1. The Morgan fingerprint density at radius 2 is 1.84 bits per heavy atom. The molecule has 4 aliphatic rings. The first-order valence-electron chi connectivity index (χ1n) is 13.9. The third-order valence-electron chi connectivity index (χ3n) is 11.1. The molecule has 4 aliphatic carbocycles. The van der Waals surface area contributed by atoms with Gasteiger partial charge in [0.2, 0.25) is 0 Å². The molecule has 0 amide bonds. The maximum absolute atomic E-state index is 4.57. The summed E-state index contributed by atoms with van der Waals surface area (Å²) in [5.41, 5.74) is 3.19. The van der Waals surface area contributed by atoms with Gasteiger partial charge in [-0.25, -0.2) is 0 Å². The van der Waals surface area contributed by atoms with Crippen LogP contribution in [0.4, 0.5) is 0 Å². The summed E-state index contributed by atoms with van der Waals surface area (Å²) in [4.78, 5) is 4.57. The molecule has 4 saturated carbocycles. The largest absolute Gasteiger partial charge is 0.261 e. The van der Waals surface area contributed by atoms with Crippen molar-refractivity contribution in [2.75, 3.05) is 0 Å². The molecule has 3 unspecified atom stereocenters. The Labute approximate surface area is 192 Å². The Balaban J connectivity index is 1.27. The smallest absolute Gasteiger partial charge is 0.0372 e. The molecule has 0 saturated heterocycles. The van der Waals surface area contributed by atoms with Crippen molar-refractivity contribution in [1.82, 2.24) is 4.98 Å². The van der Waals surface area contributed by atoms with E-state index in [2.05, 4.69) is 51.0 Å². The highest BCUT2D eigenvalue weighted by atomic mass is 14.7. The Hall–Kier alpha value is -0.850. The average Bonchev–Trinajstić information content (AvgIpc) is 3.12. The van der Waals surface area contributed by atoms with Crippen molar-refractivity contribution in [1.29, 1.82) is 0 Å². The average molecular weight is 422 g/mol. The van der Waals surface area contributed by atoms with Crippen molar-refractivity contribution >= 4 is 0 Å². The Bertz CT molecular complexity index is 737. The van der Waals surface area contributed by atoms with Gasteiger partial charge >= 0.3 is 0 Å². The molecule has 4 fully saturated rings. The molecule has 0 bridgehead atoms. The fourth-order valence-corrected chi connectivity index (χ4v) is 9.73. The number of fused-ring (bicyclic) bond motifs is 5. The summed E-state index contributed by atoms with van der Waals surface area (Å²) >= 11 is 0. The molecule has 172 valence electrons. The molecule has 0 aromatic carbocycles. The minimum atomic E-state index is 0.602. The van der Waals surface area contributed by atoms with E-state index in [1.165, 1.54) is 44.1 Å². The fourth-order valence-electron chi connectivity index (χ4n) is 9.73. The SMILES string of the molecule is CCC[C@H]1CC[C@@H]2C3CC[C@@]4(C)C(CCC4[C@@H](C)Cc4ccc(C)nc4)[C@@H]3CC[C@@H]2C1. The highest BCUT2D eigenvalue weighted by Gasteiger charge is 2.57. The van der Waals surface area contributed by atoms with Crippen molar-refractivity contribution in [2.24, 2.45) is 52.8 Å².